The fourth-order valence-corrected chi connectivity index (χ4v) is 3.30. The number of aromatic hydroxyl groups is 1. The molecule has 0 aliphatic rings. The molecule has 0 bridgehead atoms. The Morgan fingerprint density at radius 2 is 1.65 bits per heavy atom. The zero-order valence-electron chi connectivity index (χ0n) is 16.5. The van der Waals surface area contributed by atoms with Gasteiger partial charge in [-0.3, -0.25) is 4.79 Å². The zero-order chi connectivity index (χ0) is 21.6. The molecule has 0 saturated heterocycles. The van der Waals surface area contributed by atoms with Crippen molar-refractivity contribution in [2.24, 2.45) is 5.10 Å². The molecule has 4 aromatic rings. The van der Waals surface area contributed by atoms with Crippen LogP contribution in [0.15, 0.2) is 94.5 Å². The van der Waals surface area contributed by atoms with Crippen LogP contribution in [0.4, 0.5) is 0 Å². The second-order valence-electron chi connectivity index (χ2n) is 6.90. The Hall–Kier alpha value is -3.64. The van der Waals surface area contributed by atoms with Crippen molar-refractivity contribution in [1.82, 2.24) is 5.43 Å². The van der Waals surface area contributed by atoms with E-state index in [0.29, 0.717) is 6.61 Å². The summed E-state index contributed by atoms with van der Waals surface area (Å²) >= 11 is 3.41. The van der Waals surface area contributed by atoms with Gasteiger partial charge >= 0.3 is 0 Å². The number of carbonyl (C=O) groups excluding carboxylic acids is 1. The van der Waals surface area contributed by atoms with Crippen molar-refractivity contribution in [1.29, 1.82) is 0 Å². The van der Waals surface area contributed by atoms with Crippen LogP contribution in [0.2, 0.25) is 0 Å². The van der Waals surface area contributed by atoms with Gasteiger partial charge in [-0.25, -0.2) is 5.43 Å². The maximum Gasteiger partial charge on any atom is 0.275 e. The molecule has 6 heteroatoms. The van der Waals surface area contributed by atoms with Crippen molar-refractivity contribution in [2.75, 3.05) is 0 Å². The Bertz CT molecular complexity index is 1240. The SMILES string of the molecule is O=C(NN=Cc1ccc(OCc2ccc(Br)cc2)cc1)c1cc2ccccc2cc1O. The molecule has 0 atom stereocenters. The van der Waals surface area contributed by atoms with Crippen molar-refractivity contribution in [2.45, 2.75) is 6.61 Å². The van der Waals surface area contributed by atoms with Gasteiger partial charge in [-0.05, 0) is 70.4 Å². The topological polar surface area (TPSA) is 70.9 Å². The van der Waals surface area contributed by atoms with E-state index in [4.69, 9.17) is 4.74 Å². The van der Waals surface area contributed by atoms with Gasteiger partial charge in [-0.1, -0.05) is 52.3 Å². The maximum atomic E-state index is 12.4. The van der Waals surface area contributed by atoms with Gasteiger partial charge in [0.25, 0.3) is 5.91 Å². The molecule has 0 fully saturated rings. The largest absolute Gasteiger partial charge is 0.507 e. The lowest BCUT2D eigenvalue weighted by Gasteiger charge is -2.07. The van der Waals surface area contributed by atoms with Crippen LogP contribution in [0.1, 0.15) is 21.5 Å². The molecule has 5 nitrogen and oxygen atoms in total. The Labute approximate surface area is 188 Å². The van der Waals surface area contributed by atoms with E-state index in [1.54, 1.807) is 12.1 Å². The summed E-state index contributed by atoms with van der Waals surface area (Å²) in [6.07, 6.45) is 1.54. The predicted octanol–water partition coefficient (Wildman–Crippen LogP) is 5.65. The van der Waals surface area contributed by atoms with Crippen molar-refractivity contribution < 1.29 is 14.6 Å². The number of fused-ring (bicyclic) bond motifs is 1. The van der Waals surface area contributed by atoms with E-state index in [1.807, 2.05) is 72.8 Å². The highest BCUT2D eigenvalue weighted by atomic mass is 79.9. The number of nitrogens with zero attached hydrogens (tertiary/aromatic N) is 1. The predicted molar refractivity (Wildman–Crippen MR) is 126 cm³/mol. The van der Waals surface area contributed by atoms with Crippen LogP contribution in [0, 0.1) is 0 Å². The molecular weight excluding hydrogens is 456 g/mol. The summed E-state index contributed by atoms with van der Waals surface area (Å²) in [5.74, 6) is 0.179. The van der Waals surface area contributed by atoms with Crippen LogP contribution >= 0.6 is 15.9 Å². The molecule has 0 aromatic heterocycles. The van der Waals surface area contributed by atoms with Crippen molar-refractivity contribution in [3.63, 3.8) is 0 Å². The molecule has 0 unspecified atom stereocenters. The average molecular weight is 475 g/mol. The van der Waals surface area contributed by atoms with Gasteiger partial charge < -0.3 is 9.84 Å². The molecule has 0 saturated carbocycles. The quantitative estimate of drug-likeness (QED) is 0.280. The third kappa shape index (κ3) is 5.29. The number of nitrogens with one attached hydrogen (secondary N) is 1. The third-order valence-corrected chi connectivity index (χ3v) is 5.22. The van der Waals surface area contributed by atoms with Crippen LogP contribution in [-0.2, 0) is 6.61 Å². The standard InChI is InChI=1S/C25H19BrN2O3/c26-21-9-5-18(6-10-21)16-31-22-11-7-17(8-12-22)15-27-28-25(30)23-13-19-3-1-2-4-20(19)14-24(23)29/h1-15,29H,16H2,(H,28,30). The number of ether oxygens (including phenoxy) is 1. The first kappa shape index (κ1) is 20.6. The summed E-state index contributed by atoms with van der Waals surface area (Å²) < 4.78 is 6.81. The number of hydrogen-bond donors (Lipinski definition) is 2. The normalized spacial score (nSPS) is 11.0. The minimum atomic E-state index is -0.478. The maximum absolute atomic E-state index is 12.4. The van der Waals surface area contributed by atoms with E-state index in [-0.39, 0.29) is 11.3 Å². The van der Waals surface area contributed by atoms with Crippen LogP contribution in [0.25, 0.3) is 10.8 Å². The molecule has 0 radical (unpaired) electrons. The molecule has 0 aliphatic heterocycles. The van der Waals surface area contributed by atoms with Crippen molar-refractivity contribution >= 4 is 38.8 Å². The lowest BCUT2D eigenvalue weighted by molar-refractivity contribution is 0.0952. The number of phenols is 1. The average Bonchev–Trinajstić information content (AvgIpc) is 2.79. The molecule has 31 heavy (non-hydrogen) atoms. The molecule has 4 rings (SSSR count). The molecule has 1 amide bonds. The van der Waals surface area contributed by atoms with Crippen LogP contribution in [-0.4, -0.2) is 17.2 Å². The number of amides is 1. The monoisotopic (exact) mass is 474 g/mol. The summed E-state index contributed by atoms with van der Waals surface area (Å²) in [4.78, 5) is 12.4. The Kier molecular flexibility index (Phi) is 6.29. The van der Waals surface area contributed by atoms with E-state index < -0.39 is 5.91 Å². The summed E-state index contributed by atoms with van der Waals surface area (Å²) in [7, 11) is 0. The highest BCUT2D eigenvalue weighted by Gasteiger charge is 2.11. The van der Waals surface area contributed by atoms with Crippen LogP contribution in [0.3, 0.4) is 0 Å². The molecule has 4 aromatic carbocycles. The Balaban J connectivity index is 1.35. The Morgan fingerprint density at radius 1 is 0.968 bits per heavy atom. The van der Waals surface area contributed by atoms with Gasteiger partial charge in [-0.15, -0.1) is 0 Å². The second kappa shape index (κ2) is 9.45. The lowest BCUT2D eigenvalue weighted by Crippen LogP contribution is -2.17. The van der Waals surface area contributed by atoms with Gasteiger partial charge in [0.1, 0.15) is 18.1 Å². The van der Waals surface area contributed by atoms with E-state index in [9.17, 15) is 9.90 Å². The zero-order valence-corrected chi connectivity index (χ0v) is 18.0. The number of benzene rings is 4. The number of phenolic OH excluding ortho intramolecular Hbond substituents is 1. The molecule has 0 spiro atoms. The van der Waals surface area contributed by atoms with E-state index >= 15 is 0 Å². The van der Waals surface area contributed by atoms with Crippen molar-refractivity contribution in [3.8, 4) is 11.5 Å². The molecule has 154 valence electrons. The second-order valence-corrected chi connectivity index (χ2v) is 7.82. The summed E-state index contributed by atoms with van der Waals surface area (Å²) in [6, 6.07) is 26.1. The number of carbonyl (C=O) groups is 1. The van der Waals surface area contributed by atoms with Gasteiger partial charge in [0.15, 0.2) is 0 Å². The summed E-state index contributed by atoms with van der Waals surface area (Å²) in [6.45, 7) is 0.478. The van der Waals surface area contributed by atoms with Gasteiger partial charge in [0.2, 0.25) is 0 Å². The Morgan fingerprint density at radius 3 is 2.35 bits per heavy atom. The molecule has 2 N–H and O–H groups in total. The first-order chi connectivity index (χ1) is 15.1. The number of hydrogen-bond acceptors (Lipinski definition) is 4. The first-order valence-corrected chi connectivity index (χ1v) is 10.4. The minimum Gasteiger partial charge on any atom is -0.507 e. The smallest absolute Gasteiger partial charge is 0.275 e. The number of halogens is 1. The molecular formula is C25H19BrN2O3. The van der Waals surface area contributed by atoms with Gasteiger partial charge in [0, 0.05) is 4.47 Å². The van der Waals surface area contributed by atoms with E-state index in [0.717, 1.165) is 32.1 Å². The first-order valence-electron chi connectivity index (χ1n) is 9.61. The van der Waals surface area contributed by atoms with Crippen molar-refractivity contribution in [3.05, 3.63) is 106 Å². The van der Waals surface area contributed by atoms with Gasteiger partial charge in [0.05, 0.1) is 11.8 Å². The number of rotatable bonds is 6. The van der Waals surface area contributed by atoms with Gasteiger partial charge in [-0.2, -0.15) is 5.10 Å². The fourth-order valence-electron chi connectivity index (χ4n) is 3.03. The molecule has 0 heterocycles. The van der Waals surface area contributed by atoms with Crippen LogP contribution in [0.5, 0.6) is 11.5 Å². The summed E-state index contributed by atoms with van der Waals surface area (Å²) in [5.41, 5.74) is 4.51. The highest BCUT2D eigenvalue weighted by molar-refractivity contribution is 9.10. The third-order valence-electron chi connectivity index (χ3n) is 4.69. The highest BCUT2D eigenvalue weighted by Crippen LogP contribution is 2.24. The van der Waals surface area contributed by atoms with E-state index in [2.05, 4.69) is 26.5 Å². The lowest BCUT2D eigenvalue weighted by atomic mass is 10.1. The van der Waals surface area contributed by atoms with Crippen LogP contribution < -0.4 is 10.2 Å². The minimum absolute atomic E-state index is 0.0846. The molecule has 0 aliphatic carbocycles. The fraction of sp³-hybridized carbons (Fsp3) is 0.0400. The summed E-state index contributed by atoms with van der Waals surface area (Å²) in [5, 5.41) is 15.9. The number of hydrazone groups is 1. The van der Waals surface area contributed by atoms with E-state index in [1.165, 1.54) is 6.21 Å².